The van der Waals surface area contributed by atoms with E-state index < -0.39 is 10.8 Å². The summed E-state index contributed by atoms with van der Waals surface area (Å²) in [5.74, 6) is 0.795. The number of fused-ring (bicyclic) bond motifs is 3. The molecule has 2 atom stereocenters. The predicted molar refractivity (Wildman–Crippen MR) is 87.5 cm³/mol. The van der Waals surface area contributed by atoms with Crippen LogP contribution in [0.15, 0.2) is 16.6 Å². The van der Waals surface area contributed by atoms with E-state index in [1.807, 2.05) is 20.8 Å². The maximum Gasteiger partial charge on any atom is 0.256 e. The summed E-state index contributed by atoms with van der Waals surface area (Å²) in [5, 5.41) is 9.53. The summed E-state index contributed by atoms with van der Waals surface area (Å²) >= 11 is 0. The second kappa shape index (κ2) is 4.79. The van der Waals surface area contributed by atoms with E-state index in [1.165, 1.54) is 0 Å². The van der Waals surface area contributed by atoms with Crippen LogP contribution in [-0.2, 0) is 23.7 Å². The Labute approximate surface area is 136 Å². The molecule has 0 radical (unpaired) electrons. The highest BCUT2D eigenvalue weighted by atomic mass is 16.2. The van der Waals surface area contributed by atoms with Gasteiger partial charge in [0, 0.05) is 29.0 Å². The molecule has 1 saturated carbocycles. The van der Waals surface area contributed by atoms with Crippen molar-refractivity contribution >= 4 is 5.78 Å². The van der Waals surface area contributed by atoms with Crippen molar-refractivity contribution in [3.05, 3.63) is 39.3 Å². The lowest BCUT2D eigenvalue weighted by Crippen LogP contribution is -2.54. The highest BCUT2D eigenvalue weighted by molar-refractivity contribution is 6.00. The minimum absolute atomic E-state index is 0.00600. The molecule has 0 amide bonds. The molecular formula is C18H24N2O3. The van der Waals surface area contributed by atoms with Crippen LogP contribution in [0.5, 0.6) is 0 Å². The first-order valence-corrected chi connectivity index (χ1v) is 8.09. The summed E-state index contributed by atoms with van der Waals surface area (Å²) in [6.45, 7) is 7.80. The van der Waals surface area contributed by atoms with Gasteiger partial charge in [0.25, 0.3) is 5.56 Å². The molecule has 0 bridgehead atoms. The van der Waals surface area contributed by atoms with Crippen molar-refractivity contribution in [2.24, 2.45) is 18.4 Å². The lowest BCUT2D eigenvalue weighted by atomic mass is 9.50. The number of allylic oxidation sites excluding steroid dienone is 1. The summed E-state index contributed by atoms with van der Waals surface area (Å²) < 4.78 is 1.59. The number of carbonyl (C=O) groups excluding carboxylic acids is 1. The van der Waals surface area contributed by atoms with E-state index in [4.69, 9.17) is 4.98 Å². The van der Waals surface area contributed by atoms with Gasteiger partial charge in [-0.25, -0.2) is 4.98 Å². The SMILES string of the molecule is Cc1nc2c(c(=O)n1C)CC[C@H]1C(C)(C)C(=O)/C(=C\O)C[C@]21C. The standard InChI is InChI=1S/C18H24N2O3/c1-10-19-14-12(16(23)20(10)5)6-7-13-17(2,3)15(22)11(9-21)8-18(13,14)4/h9,13,21H,6-8H2,1-5H3/b11-9-/t13-,18-/m0/s1. The van der Waals surface area contributed by atoms with Crippen molar-refractivity contribution in [3.63, 3.8) is 0 Å². The second-order valence-electron chi connectivity index (χ2n) is 7.74. The first-order valence-electron chi connectivity index (χ1n) is 8.09. The summed E-state index contributed by atoms with van der Waals surface area (Å²) in [5.41, 5.74) is 1.04. The second-order valence-corrected chi connectivity index (χ2v) is 7.74. The number of hydrogen-bond acceptors (Lipinski definition) is 4. The molecule has 23 heavy (non-hydrogen) atoms. The number of rotatable bonds is 0. The summed E-state index contributed by atoms with van der Waals surface area (Å²) in [7, 11) is 1.74. The van der Waals surface area contributed by atoms with Gasteiger partial charge in [-0.15, -0.1) is 0 Å². The van der Waals surface area contributed by atoms with Crippen LogP contribution in [0.3, 0.4) is 0 Å². The molecule has 0 aromatic carbocycles. The fourth-order valence-corrected chi connectivity index (χ4v) is 4.74. The van der Waals surface area contributed by atoms with Gasteiger partial charge in [-0.3, -0.25) is 14.2 Å². The number of aliphatic hydroxyl groups excluding tert-OH is 1. The van der Waals surface area contributed by atoms with Crippen molar-refractivity contribution in [1.82, 2.24) is 9.55 Å². The smallest absolute Gasteiger partial charge is 0.256 e. The number of carbonyl (C=O) groups is 1. The minimum Gasteiger partial charge on any atom is -0.515 e. The minimum atomic E-state index is -0.573. The first-order chi connectivity index (χ1) is 10.6. The van der Waals surface area contributed by atoms with Crippen molar-refractivity contribution in [2.45, 2.75) is 52.4 Å². The van der Waals surface area contributed by atoms with Gasteiger partial charge in [-0.05, 0) is 32.1 Å². The van der Waals surface area contributed by atoms with Crippen molar-refractivity contribution < 1.29 is 9.90 Å². The van der Waals surface area contributed by atoms with Crippen LogP contribution in [0.2, 0.25) is 0 Å². The fraction of sp³-hybridized carbons (Fsp3) is 0.611. The van der Waals surface area contributed by atoms with Crippen LogP contribution in [-0.4, -0.2) is 20.4 Å². The normalized spacial score (nSPS) is 30.9. The van der Waals surface area contributed by atoms with Crippen molar-refractivity contribution in [2.75, 3.05) is 0 Å². The molecule has 1 heterocycles. The van der Waals surface area contributed by atoms with E-state index in [1.54, 1.807) is 11.6 Å². The Bertz CT molecular complexity index is 788. The van der Waals surface area contributed by atoms with Gasteiger partial charge in [0.15, 0.2) is 5.78 Å². The largest absolute Gasteiger partial charge is 0.515 e. The van der Waals surface area contributed by atoms with E-state index in [-0.39, 0.29) is 17.3 Å². The van der Waals surface area contributed by atoms with E-state index in [0.717, 1.165) is 23.9 Å². The van der Waals surface area contributed by atoms with E-state index in [2.05, 4.69) is 6.92 Å². The van der Waals surface area contributed by atoms with Gasteiger partial charge in [0.1, 0.15) is 5.82 Å². The molecule has 3 rings (SSSR count). The molecule has 124 valence electrons. The molecule has 0 unspecified atom stereocenters. The Morgan fingerprint density at radius 3 is 2.57 bits per heavy atom. The molecule has 0 saturated heterocycles. The number of nitrogens with zero attached hydrogens (tertiary/aromatic N) is 2. The molecule has 1 fully saturated rings. The molecule has 1 aromatic rings. The zero-order valence-corrected chi connectivity index (χ0v) is 14.4. The van der Waals surface area contributed by atoms with Gasteiger partial charge >= 0.3 is 0 Å². The highest BCUT2D eigenvalue weighted by Crippen LogP contribution is 2.56. The molecule has 5 heteroatoms. The van der Waals surface area contributed by atoms with E-state index in [9.17, 15) is 14.7 Å². The highest BCUT2D eigenvalue weighted by Gasteiger charge is 2.56. The molecule has 0 spiro atoms. The van der Waals surface area contributed by atoms with Crippen LogP contribution in [0, 0.1) is 18.3 Å². The topological polar surface area (TPSA) is 72.2 Å². The third kappa shape index (κ3) is 1.95. The van der Waals surface area contributed by atoms with Crippen LogP contribution in [0.25, 0.3) is 0 Å². The Kier molecular flexibility index (Phi) is 3.33. The number of aromatic nitrogens is 2. The lowest BCUT2D eigenvalue weighted by molar-refractivity contribution is -0.131. The average Bonchev–Trinajstić information content (AvgIpc) is 2.49. The molecule has 1 N–H and O–H groups in total. The summed E-state index contributed by atoms with van der Waals surface area (Å²) in [4.78, 5) is 30.0. The zero-order chi connectivity index (χ0) is 17.2. The third-order valence-corrected chi connectivity index (χ3v) is 6.06. The van der Waals surface area contributed by atoms with Crippen LogP contribution in [0.4, 0.5) is 0 Å². The predicted octanol–water partition coefficient (Wildman–Crippen LogP) is 2.35. The van der Waals surface area contributed by atoms with Gasteiger partial charge in [-0.2, -0.15) is 0 Å². The summed E-state index contributed by atoms with van der Waals surface area (Å²) in [6, 6.07) is 0. The Balaban J connectivity index is 2.29. The Morgan fingerprint density at radius 2 is 1.96 bits per heavy atom. The number of ketones is 1. The molecule has 5 nitrogen and oxygen atoms in total. The van der Waals surface area contributed by atoms with Gasteiger partial charge in [0.05, 0.1) is 12.0 Å². The van der Waals surface area contributed by atoms with E-state index >= 15 is 0 Å². The fourth-order valence-electron chi connectivity index (χ4n) is 4.74. The molecule has 2 aliphatic rings. The Hall–Kier alpha value is -1.91. The zero-order valence-electron chi connectivity index (χ0n) is 14.4. The maximum atomic E-state index is 12.7. The first kappa shape index (κ1) is 16.0. The number of Topliss-reactive ketones (excluding diaryl/α,β-unsaturated/α-hetero) is 1. The van der Waals surface area contributed by atoms with Crippen LogP contribution in [0.1, 0.15) is 50.7 Å². The van der Waals surface area contributed by atoms with Gasteiger partial charge in [0.2, 0.25) is 0 Å². The number of aliphatic hydroxyl groups is 1. The number of hydrogen-bond donors (Lipinski definition) is 1. The summed E-state index contributed by atoms with van der Waals surface area (Å²) in [6.07, 6.45) is 2.82. The third-order valence-electron chi connectivity index (χ3n) is 6.06. The molecular weight excluding hydrogens is 292 g/mol. The van der Waals surface area contributed by atoms with Gasteiger partial charge < -0.3 is 5.11 Å². The maximum absolute atomic E-state index is 12.7. The molecule has 2 aliphatic carbocycles. The Morgan fingerprint density at radius 1 is 1.30 bits per heavy atom. The quantitative estimate of drug-likeness (QED) is 0.589. The van der Waals surface area contributed by atoms with E-state index in [0.29, 0.717) is 24.2 Å². The molecule has 0 aliphatic heterocycles. The van der Waals surface area contributed by atoms with Crippen LogP contribution >= 0.6 is 0 Å². The van der Waals surface area contributed by atoms with Crippen molar-refractivity contribution in [1.29, 1.82) is 0 Å². The monoisotopic (exact) mass is 316 g/mol. The molecule has 1 aromatic heterocycles. The van der Waals surface area contributed by atoms with Crippen molar-refractivity contribution in [3.8, 4) is 0 Å². The average molecular weight is 316 g/mol. The van der Waals surface area contributed by atoms with Crippen LogP contribution < -0.4 is 5.56 Å². The van der Waals surface area contributed by atoms with Gasteiger partial charge in [-0.1, -0.05) is 20.8 Å². The lowest BCUT2D eigenvalue weighted by Gasteiger charge is -2.52. The number of aryl methyl sites for hydroxylation is 1.